The zero-order valence-electron chi connectivity index (χ0n) is 10.8. The van der Waals surface area contributed by atoms with Crippen LogP contribution in [0.2, 0.25) is 0 Å². The van der Waals surface area contributed by atoms with Gasteiger partial charge in [-0.25, -0.2) is 4.79 Å². The highest BCUT2D eigenvalue weighted by Crippen LogP contribution is 2.59. The highest BCUT2D eigenvalue weighted by Gasteiger charge is 2.51. The molecular weight excluding hydrogens is 339 g/mol. The molecule has 1 atom stereocenters. The van der Waals surface area contributed by atoms with Gasteiger partial charge in [0.1, 0.15) is 0 Å². The number of unbranched alkanes of at least 4 members (excludes halogenated alkanes) is 1. The van der Waals surface area contributed by atoms with Crippen LogP contribution in [0.4, 0.5) is 4.79 Å². The first-order valence-corrected chi connectivity index (χ1v) is 8.18. The van der Waals surface area contributed by atoms with E-state index in [1.807, 2.05) is 6.92 Å². The Kier molecular flexibility index (Phi) is 8.68. The predicted molar refractivity (Wildman–Crippen MR) is 75.1 cm³/mol. The first kappa shape index (κ1) is 19.3. The number of alkyl carbamates (subject to hydrolysis) is 1. The third-order valence-electron chi connectivity index (χ3n) is 2.09. The van der Waals surface area contributed by atoms with Crippen molar-refractivity contribution in [3.8, 4) is 0 Å². The van der Waals surface area contributed by atoms with Gasteiger partial charge in [0, 0.05) is 20.8 Å². The fourth-order valence-electron chi connectivity index (χ4n) is 1.09. The second kappa shape index (κ2) is 8.55. The molecule has 0 saturated carbocycles. The molecule has 0 aliphatic rings. The number of halogens is 3. The lowest BCUT2D eigenvalue weighted by Crippen LogP contribution is -2.36. The van der Waals surface area contributed by atoms with Gasteiger partial charge in [0.05, 0.1) is 0 Å². The summed E-state index contributed by atoms with van der Waals surface area (Å²) in [7, 11) is -1.68. The Balaban J connectivity index is 4.81. The van der Waals surface area contributed by atoms with Crippen LogP contribution in [0.1, 0.15) is 19.8 Å². The first-order chi connectivity index (χ1) is 8.71. The van der Waals surface area contributed by atoms with Crippen molar-refractivity contribution in [2.45, 2.75) is 29.4 Å². The van der Waals surface area contributed by atoms with E-state index in [-0.39, 0.29) is 0 Å². The van der Waals surface area contributed by atoms with E-state index in [0.717, 1.165) is 27.1 Å². The number of amides is 1. The molecule has 0 bridgehead atoms. The van der Waals surface area contributed by atoms with Gasteiger partial charge in [-0.3, -0.25) is 4.57 Å². The molecule has 0 aromatic heterocycles. The Morgan fingerprint density at radius 2 is 1.84 bits per heavy atom. The standard InChI is InChI=1S/C9H17Cl3NO5P/c1-4-5-6-13-8(14)18-7(9(10,11)12)19(15,16-2)17-3/h7H,4-6H2,1-3H3,(H,13,14)/t7-/m0/s1. The van der Waals surface area contributed by atoms with Crippen LogP contribution in [0.5, 0.6) is 0 Å². The molecule has 0 rings (SSSR count). The lowest BCUT2D eigenvalue weighted by Gasteiger charge is -2.28. The van der Waals surface area contributed by atoms with E-state index in [9.17, 15) is 9.36 Å². The van der Waals surface area contributed by atoms with Gasteiger partial charge in [0.2, 0.25) is 3.79 Å². The van der Waals surface area contributed by atoms with Crippen LogP contribution < -0.4 is 5.32 Å². The van der Waals surface area contributed by atoms with Crippen molar-refractivity contribution >= 4 is 48.5 Å². The van der Waals surface area contributed by atoms with Gasteiger partial charge < -0.3 is 19.1 Å². The van der Waals surface area contributed by atoms with Crippen molar-refractivity contribution in [1.82, 2.24) is 5.32 Å². The van der Waals surface area contributed by atoms with Crippen LogP contribution in [0.3, 0.4) is 0 Å². The predicted octanol–water partition coefficient (Wildman–Crippen LogP) is 3.69. The van der Waals surface area contributed by atoms with E-state index >= 15 is 0 Å². The van der Waals surface area contributed by atoms with Gasteiger partial charge in [-0.2, -0.15) is 0 Å². The maximum Gasteiger partial charge on any atom is 0.408 e. The summed E-state index contributed by atoms with van der Waals surface area (Å²) < 4.78 is 24.2. The third-order valence-corrected chi connectivity index (χ3v) is 5.23. The van der Waals surface area contributed by atoms with Gasteiger partial charge in [-0.15, -0.1) is 0 Å². The molecule has 0 radical (unpaired) electrons. The molecule has 1 N–H and O–H groups in total. The Bertz CT molecular complexity index is 328. The minimum absolute atomic E-state index is 0.395. The van der Waals surface area contributed by atoms with E-state index in [1.165, 1.54) is 0 Å². The molecule has 0 fully saturated rings. The second-order valence-corrected chi connectivity index (χ2v) is 8.13. The van der Waals surface area contributed by atoms with E-state index in [0.29, 0.717) is 6.54 Å². The van der Waals surface area contributed by atoms with Crippen molar-refractivity contribution in [2.75, 3.05) is 20.8 Å². The number of hydrogen-bond donors (Lipinski definition) is 1. The molecular formula is C9H17Cl3NO5P. The maximum absolute atomic E-state index is 12.2. The maximum atomic E-state index is 12.2. The van der Waals surface area contributed by atoms with Crippen molar-refractivity contribution in [2.24, 2.45) is 0 Å². The third kappa shape index (κ3) is 6.52. The summed E-state index contributed by atoms with van der Waals surface area (Å²) in [5, 5.41) is 2.44. The number of nitrogens with one attached hydrogen (secondary N) is 1. The molecule has 6 nitrogen and oxygen atoms in total. The molecule has 0 spiro atoms. The summed E-state index contributed by atoms with van der Waals surface area (Å²) in [5.41, 5.74) is 0. The fraction of sp³-hybridized carbons (Fsp3) is 0.889. The van der Waals surface area contributed by atoms with E-state index in [4.69, 9.17) is 39.5 Å². The largest absolute Gasteiger partial charge is 0.429 e. The molecule has 10 heteroatoms. The molecule has 114 valence electrons. The van der Waals surface area contributed by atoms with Crippen LogP contribution in [-0.4, -0.2) is 36.5 Å². The summed E-state index contributed by atoms with van der Waals surface area (Å²) >= 11 is 16.9. The average molecular weight is 357 g/mol. The summed E-state index contributed by atoms with van der Waals surface area (Å²) in [5.74, 6) is -1.67. The van der Waals surface area contributed by atoms with Crippen LogP contribution >= 0.6 is 42.4 Å². The van der Waals surface area contributed by atoms with Gasteiger partial charge in [0.25, 0.3) is 5.85 Å². The van der Waals surface area contributed by atoms with E-state index < -0.39 is 23.3 Å². The lowest BCUT2D eigenvalue weighted by atomic mass is 10.3. The number of hydrogen-bond acceptors (Lipinski definition) is 5. The van der Waals surface area contributed by atoms with E-state index in [1.54, 1.807) is 0 Å². The summed E-state index contributed by atoms with van der Waals surface area (Å²) in [4.78, 5) is 11.5. The van der Waals surface area contributed by atoms with Crippen molar-refractivity contribution < 1.29 is 23.1 Å². The minimum Gasteiger partial charge on any atom is -0.429 e. The molecule has 19 heavy (non-hydrogen) atoms. The van der Waals surface area contributed by atoms with Gasteiger partial charge in [-0.05, 0) is 6.42 Å². The molecule has 0 aromatic carbocycles. The molecule has 0 heterocycles. The smallest absolute Gasteiger partial charge is 0.408 e. The Hall–Kier alpha value is 0.290. The fourth-order valence-corrected chi connectivity index (χ4v) is 3.41. The zero-order chi connectivity index (χ0) is 15.1. The highest BCUT2D eigenvalue weighted by molar-refractivity contribution is 7.55. The average Bonchev–Trinajstić information content (AvgIpc) is 2.34. The Labute approximate surface area is 127 Å². The van der Waals surface area contributed by atoms with Gasteiger partial charge in [-0.1, -0.05) is 48.1 Å². The number of alkyl halides is 3. The van der Waals surface area contributed by atoms with Crippen molar-refractivity contribution in [3.05, 3.63) is 0 Å². The highest BCUT2D eigenvalue weighted by atomic mass is 35.6. The van der Waals surface area contributed by atoms with E-state index in [2.05, 4.69) is 14.4 Å². The topological polar surface area (TPSA) is 73.9 Å². The Morgan fingerprint density at radius 3 is 2.21 bits per heavy atom. The second-order valence-electron chi connectivity index (χ2n) is 3.48. The summed E-state index contributed by atoms with van der Waals surface area (Å²) in [6, 6.07) is 0. The van der Waals surface area contributed by atoms with Crippen LogP contribution in [-0.2, 0) is 18.3 Å². The quantitative estimate of drug-likeness (QED) is 0.428. The number of ether oxygens (including phenoxy) is 1. The number of rotatable bonds is 7. The molecule has 1 amide bonds. The van der Waals surface area contributed by atoms with Gasteiger partial charge >= 0.3 is 13.7 Å². The first-order valence-electron chi connectivity index (χ1n) is 5.43. The van der Waals surface area contributed by atoms with Crippen molar-refractivity contribution in [1.29, 1.82) is 0 Å². The number of carbonyl (C=O) groups excluding carboxylic acids is 1. The van der Waals surface area contributed by atoms with Crippen LogP contribution in [0.25, 0.3) is 0 Å². The van der Waals surface area contributed by atoms with Gasteiger partial charge in [0.15, 0.2) is 0 Å². The molecule has 0 unspecified atom stereocenters. The number of carbonyl (C=O) groups is 1. The molecule has 0 aromatic rings. The van der Waals surface area contributed by atoms with Crippen LogP contribution in [0, 0.1) is 0 Å². The molecule has 0 aliphatic carbocycles. The lowest BCUT2D eigenvalue weighted by molar-refractivity contribution is 0.111. The molecule has 0 aliphatic heterocycles. The normalized spacial score (nSPS) is 14.0. The minimum atomic E-state index is -3.88. The monoisotopic (exact) mass is 355 g/mol. The zero-order valence-corrected chi connectivity index (χ0v) is 14.0. The van der Waals surface area contributed by atoms with Crippen molar-refractivity contribution in [3.63, 3.8) is 0 Å². The molecule has 0 saturated heterocycles. The van der Waals surface area contributed by atoms with Crippen LogP contribution in [0.15, 0.2) is 0 Å². The Morgan fingerprint density at radius 1 is 1.32 bits per heavy atom. The summed E-state index contributed by atoms with van der Waals surface area (Å²) in [6.45, 7) is 2.35. The SMILES string of the molecule is CCCCNC(=O)O[C@H](C(Cl)(Cl)Cl)P(=O)(OC)OC. The summed E-state index contributed by atoms with van der Waals surface area (Å²) in [6.07, 6.45) is 0.793.